The SMILES string of the molecule is c1nscc1OC1CCNC1. The first-order chi connectivity index (χ1) is 5.45. The Morgan fingerprint density at radius 2 is 2.73 bits per heavy atom. The van der Waals surface area contributed by atoms with Crippen molar-refractivity contribution in [2.75, 3.05) is 13.1 Å². The van der Waals surface area contributed by atoms with E-state index in [-0.39, 0.29) is 0 Å². The molecular formula is C7H10N2OS. The number of rotatable bonds is 2. The van der Waals surface area contributed by atoms with Crippen LogP contribution in [0.5, 0.6) is 5.75 Å². The predicted molar refractivity (Wildman–Crippen MR) is 44.0 cm³/mol. The van der Waals surface area contributed by atoms with Gasteiger partial charge in [-0.2, -0.15) is 4.37 Å². The van der Waals surface area contributed by atoms with E-state index >= 15 is 0 Å². The summed E-state index contributed by atoms with van der Waals surface area (Å²) in [6, 6.07) is 0. The number of nitrogens with zero attached hydrogens (tertiary/aromatic N) is 1. The van der Waals surface area contributed by atoms with Crippen LogP contribution in [0.1, 0.15) is 6.42 Å². The Hall–Kier alpha value is -0.610. The monoisotopic (exact) mass is 170 g/mol. The Labute approximate surface area is 69.5 Å². The van der Waals surface area contributed by atoms with E-state index in [1.807, 2.05) is 5.38 Å². The fourth-order valence-electron chi connectivity index (χ4n) is 1.17. The molecule has 0 radical (unpaired) electrons. The first-order valence-corrected chi connectivity index (χ1v) is 4.55. The van der Waals surface area contributed by atoms with Gasteiger partial charge in [0, 0.05) is 6.54 Å². The van der Waals surface area contributed by atoms with Crippen molar-refractivity contribution < 1.29 is 4.74 Å². The minimum absolute atomic E-state index is 0.353. The summed E-state index contributed by atoms with van der Waals surface area (Å²) in [7, 11) is 0. The second-order valence-corrected chi connectivity index (χ2v) is 3.25. The maximum atomic E-state index is 5.60. The Morgan fingerprint density at radius 1 is 1.73 bits per heavy atom. The van der Waals surface area contributed by atoms with Crippen molar-refractivity contribution >= 4 is 11.5 Å². The van der Waals surface area contributed by atoms with Crippen molar-refractivity contribution in [2.45, 2.75) is 12.5 Å². The highest BCUT2D eigenvalue weighted by Crippen LogP contribution is 2.15. The van der Waals surface area contributed by atoms with Crippen LogP contribution >= 0.6 is 11.5 Å². The van der Waals surface area contributed by atoms with Gasteiger partial charge in [0.2, 0.25) is 0 Å². The van der Waals surface area contributed by atoms with Crippen LogP contribution in [-0.4, -0.2) is 23.6 Å². The van der Waals surface area contributed by atoms with Crippen LogP contribution in [0.15, 0.2) is 11.6 Å². The van der Waals surface area contributed by atoms with Crippen molar-refractivity contribution in [3.63, 3.8) is 0 Å². The van der Waals surface area contributed by atoms with Gasteiger partial charge in [-0.3, -0.25) is 0 Å². The van der Waals surface area contributed by atoms with Crippen LogP contribution in [0.25, 0.3) is 0 Å². The highest BCUT2D eigenvalue weighted by molar-refractivity contribution is 7.03. The topological polar surface area (TPSA) is 34.1 Å². The van der Waals surface area contributed by atoms with E-state index in [1.54, 1.807) is 6.20 Å². The molecule has 4 heteroatoms. The molecule has 0 spiro atoms. The zero-order valence-corrected chi connectivity index (χ0v) is 6.93. The van der Waals surface area contributed by atoms with Gasteiger partial charge in [-0.15, -0.1) is 0 Å². The molecule has 1 N–H and O–H groups in total. The van der Waals surface area contributed by atoms with Gasteiger partial charge in [-0.05, 0) is 24.5 Å². The van der Waals surface area contributed by atoms with E-state index in [0.717, 1.165) is 25.3 Å². The Kier molecular flexibility index (Phi) is 2.05. The van der Waals surface area contributed by atoms with Crippen LogP contribution in [-0.2, 0) is 0 Å². The zero-order chi connectivity index (χ0) is 7.52. The number of hydrogen-bond acceptors (Lipinski definition) is 4. The third kappa shape index (κ3) is 1.70. The zero-order valence-electron chi connectivity index (χ0n) is 6.12. The number of hydrogen-bond donors (Lipinski definition) is 1. The molecular weight excluding hydrogens is 160 g/mol. The molecule has 1 aromatic heterocycles. The van der Waals surface area contributed by atoms with Crippen LogP contribution < -0.4 is 10.1 Å². The van der Waals surface area contributed by atoms with Crippen LogP contribution in [0.2, 0.25) is 0 Å². The van der Waals surface area contributed by atoms with Gasteiger partial charge in [0.15, 0.2) is 0 Å². The van der Waals surface area contributed by atoms with Gasteiger partial charge in [0.05, 0.1) is 11.6 Å². The maximum absolute atomic E-state index is 5.60. The minimum atomic E-state index is 0.353. The molecule has 1 aromatic rings. The first kappa shape index (κ1) is 7.06. The standard InChI is InChI=1S/C7H10N2OS/c1-2-8-3-6(1)10-7-4-9-11-5-7/h4-6,8H,1-3H2. The van der Waals surface area contributed by atoms with E-state index in [9.17, 15) is 0 Å². The summed E-state index contributed by atoms with van der Waals surface area (Å²) in [5.41, 5.74) is 0. The average Bonchev–Trinajstić information content (AvgIpc) is 2.60. The van der Waals surface area contributed by atoms with Crippen molar-refractivity contribution in [3.8, 4) is 5.75 Å². The summed E-state index contributed by atoms with van der Waals surface area (Å²) in [6.45, 7) is 2.04. The smallest absolute Gasteiger partial charge is 0.150 e. The summed E-state index contributed by atoms with van der Waals surface area (Å²) < 4.78 is 9.56. The fraction of sp³-hybridized carbons (Fsp3) is 0.571. The van der Waals surface area contributed by atoms with Gasteiger partial charge < -0.3 is 10.1 Å². The highest BCUT2D eigenvalue weighted by Gasteiger charge is 2.15. The third-order valence-corrected chi connectivity index (χ3v) is 2.29. The lowest BCUT2D eigenvalue weighted by Crippen LogP contribution is -2.19. The Morgan fingerprint density at radius 3 is 3.36 bits per heavy atom. The summed E-state index contributed by atoms with van der Waals surface area (Å²) in [6.07, 6.45) is 3.23. The average molecular weight is 170 g/mol. The molecule has 1 unspecified atom stereocenters. The van der Waals surface area contributed by atoms with Crippen molar-refractivity contribution in [2.24, 2.45) is 0 Å². The number of aromatic nitrogens is 1. The number of nitrogens with one attached hydrogen (secondary N) is 1. The second-order valence-electron chi connectivity index (χ2n) is 2.59. The highest BCUT2D eigenvalue weighted by atomic mass is 32.1. The van der Waals surface area contributed by atoms with Gasteiger partial charge in [-0.25, -0.2) is 0 Å². The maximum Gasteiger partial charge on any atom is 0.150 e. The Bertz CT molecular complexity index is 206. The Balaban J connectivity index is 1.90. The van der Waals surface area contributed by atoms with Crippen molar-refractivity contribution in [1.82, 2.24) is 9.69 Å². The lowest BCUT2D eigenvalue weighted by molar-refractivity contribution is 0.223. The van der Waals surface area contributed by atoms with E-state index < -0.39 is 0 Å². The van der Waals surface area contributed by atoms with E-state index in [2.05, 4.69) is 9.69 Å². The molecule has 60 valence electrons. The molecule has 1 aliphatic heterocycles. The molecule has 0 amide bonds. The normalized spacial score (nSPS) is 23.8. The first-order valence-electron chi connectivity index (χ1n) is 3.72. The van der Waals surface area contributed by atoms with Crippen molar-refractivity contribution in [1.29, 1.82) is 0 Å². The van der Waals surface area contributed by atoms with Gasteiger partial charge in [0.1, 0.15) is 11.9 Å². The molecule has 2 rings (SSSR count). The molecule has 1 fully saturated rings. The van der Waals surface area contributed by atoms with E-state index in [4.69, 9.17) is 4.74 Å². The van der Waals surface area contributed by atoms with Crippen LogP contribution in [0, 0.1) is 0 Å². The second kappa shape index (κ2) is 3.19. The summed E-state index contributed by atoms with van der Waals surface area (Å²) in [4.78, 5) is 0. The van der Waals surface area contributed by atoms with Crippen molar-refractivity contribution in [3.05, 3.63) is 11.6 Å². The molecule has 2 heterocycles. The summed E-state index contributed by atoms with van der Waals surface area (Å²) >= 11 is 1.43. The molecule has 3 nitrogen and oxygen atoms in total. The van der Waals surface area contributed by atoms with E-state index in [1.165, 1.54) is 11.5 Å². The third-order valence-electron chi connectivity index (χ3n) is 1.73. The fourth-order valence-corrected chi connectivity index (χ4v) is 1.62. The van der Waals surface area contributed by atoms with Gasteiger partial charge in [-0.1, -0.05) is 0 Å². The molecule has 1 atom stereocenters. The molecule has 0 bridgehead atoms. The molecule has 0 aliphatic carbocycles. The molecule has 0 aromatic carbocycles. The lowest BCUT2D eigenvalue weighted by atomic mass is 10.3. The molecule has 11 heavy (non-hydrogen) atoms. The summed E-state index contributed by atoms with van der Waals surface area (Å²) in [5, 5.41) is 5.17. The molecule has 1 saturated heterocycles. The quantitative estimate of drug-likeness (QED) is 0.715. The number of ether oxygens (including phenoxy) is 1. The molecule has 0 saturated carbocycles. The van der Waals surface area contributed by atoms with E-state index in [0.29, 0.717) is 6.10 Å². The largest absolute Gasteiger partial charge is 0.486 e. The van der Waals surface area contributed by atoms with Gasteiger partial charge >= 0.3 is 0 Å². The summed E-state index contributed by atoms with van der Waals surface area (Å²) in [5.74, 6) is 0.906. The minimum Gasteiger partial charge on any atom is -0.486 e. The lowest BCUT2D eigenvalue weighted by Gasteiger charge is -2.08. The van der Waals surface area contributed by atoms with Gasteiger partial charge in [0.25, 0.3) is 0 Å². The van der Waals surface area contributed by atoms with Crippen LogP contribution in [0.3, 0.4) is 0 Å². The van der Waals surface area contributed by atoms with Crippen LogP contribution in [0.4, 0.5) is 0 Å². The molecule has 1 aliphatic rings. The predicted octanol–water partition coefficient (Wildman–Crippen LogP) is 0.884.